The minimum absolute atomic E-state index is 0.103. The topological polar surface area (TPSA) is 65.8 Å². The number of carbonyl (C=O) groups is 1. The van der Waals surface area contributed by atoms with Gasteiger partial charge >= 0.3 is 0 Å². The lowest BCUT2D eigenvalue weighted by molar-refractivity contribution is -0.132. The van der Waals surface area contributed by atoms with Gasteiger partial charge in [0.2, 0.25) is 5.91 Å². The molecule has 3 aromatic rings. The van der Waals surface area contributed by atoms with Crippen molar-refractivity contribution >= 4 is 5.91 Å². The van der Waals surface area contributed by atoms with Crippen molar-refractivity contribution in [3.8, 4) is 22.6 Å². The molecule has 0 radical (unpaired) electrons. The maximum Gasteiger partial charge on any atom is 0.224 e. The number of nitrogens with zero attached hydrogens (tertiary/aromatic N) is 3. The first-order valence-electron chi connectivity index (χ1n) is 12.8. The summed E-state index contributed by atoms with van der Waals surface area (Å²) in [6.07, 6.45) is 1.41. The third-order valence-corrected chi connectivity index (χ3v) is 7.05. The molecule has 0 aliphatic carbocycles. The number of amides is 1. The van der Waals surface area contributed by atoms with Crippen molar-refractivity contribution in [2.45, 2.75) is 46.7 Å². The number of ether oxygens (including phenoxy) is 3. The fourth-order valence-electron chi connectivity index (χ4n) is 5.04. The van der Waals surface area contributed by atoms with Crippen molar-refractivity contribution in [1.29, 1.82) is 0 Å². The molecule has 1 saturated heterocycles. The number of fused-ring (bicyclic) bond motifs is 1. The lowest BCUT2D eigenvalue weighted by Gasteiger charge is -2.21. The van der Waals surface area contributed by atoms with Crippen LogP contribution in [0.15, 0.2) is 42.5 Å². The van der Waals surface area contributed by atoms with Gasteiger partial charge in [-0.1, -0.05) is 24.3 Å². The summed E-state index contributed by atoms with van der Waals surface area (Å²) < 4.78 is 20.0. The molecule has 5 rings (SSSR count). The van der Waals surface area contributed by atoms with Crippen LogP contribution in [0.3, 0.4) is 0 Å². The molecule has 190 valence electrons. The lowest BCUT2D eigenvalue weighted by atomic mass is 9.97. The molecule has 0 bridgehead atoms. The monoisotopic (exact) mass is 489 g/mol. The highest BCUT2D eigenvalue weighted by atomic mass is 16.5. The zero-order valence-electron chi connectivity index (χ0n) is 21.5. The Labute approximate surface area is 213 Å². The second kappa shape index (κ2) is 10.7. The first-order chi connectivity index (χ1) is 17.5. The van der Waals surface area contributed by atoms with Gasteiger partial charge in [-0.15, -0.1) is 0 Å². The van der Waals surface area contributed by atoms with Crippen LogP contribution in [0.1, 0.15) is 35.4 Å². The van der Waals surface area contributed by atoms with E-state index in [1.165, 1.54) is 5.56 Å². The van der Waals surface area contributed by atoms with Crippen molar-refractivity contribution in [1.82, 2.24) is 14.7 Å². The summed E-state index contributed by atoms with van der Waals surface area (Å²) in [6.45, 7) is 10.3. The van der Waals surface area contributed by atoms with Gasteiger partial charge in [-0.3, -0.25) is 9.48 Å². The van der Waals surface area contributed by atoms with Gasteiger partial charge < -0.3 is 19.1 Å². The molecular weight excluding hydrogens is 454 g/mol. The molecule has 36 heavy (non-hydrogen) atoms. The van der Waals surface area contributed by atoms with Crippen molar-refractivity contribution < 1.29 is 19.0 Å². The van der Waals surface area contributed by atoms with E-state index in [0.717, 1.165) is 59.2 Å². The predicted octanol–water partition coefficient (Wildman–Crippen LogP) is 4.70. The number of rotatable bonds is 7. The highest BCUT2D eigenvalue weighted by Gasteiger charge is 2.25. The van der Waals surface area contributed by atoms with Crippen LogP contribution in [-0.4, -0.2) is 53.6 Å². The highest BCUT2D eigenvalue weighted by molar-refractivity contribution is 5.77. The summed E-state index contributed by atoms with van der Waals surface area (Å²) in [6, 6.07) is 14.6. The Morgan fingerprint density at radius 3 is 2.75 bits per heavy atom. The average Bonchev–Trinajstić information content (AvgIpc) is 3.43. The molecule has 1 unspecified atom stereocenters. The highest BCUT2D eigenvalue weighted by Crippen LogP contribution is 2.39. The van der Waals surface area contributed by atoms with E-state index in [2.05, 4.69) is 42.4 Å². The van der Waals surface area contributed by atoms with E-state index in [-0.39, 0.29) is 5.91 Å². The fraction of sp³-hybridized carbons (Fsp3) is 0.448. The van der Waals surface area contributed by atoms with Gasteiger partial charge in [0.25, 0.3) is 0 Å². The minimum atomic E-state index is 0.103. The number of aromatic nitrogens is 2. The Morgan fingerprint density at radius 1 is 1.14 bits per heavy atom. The Bertz CT molecular complexity index is 1230. The molecule has 2 aromatic carbocycles. The quantitative estimate of drug-likeness (QED) is 0.481. The van der Waals surface area contributed by atoms with Crippen LogP contribution in [0.25, 0.3) is 11.1 Å². The smallest absolute Gasteiger partial charge is 0.224 e. The summed E-state index contributed by atoms with van der Waals surface area (Å²) >= 11 is 0. The summed E-state index contributed by atoms with van der Waals surface area (Å²) in [7, 11) is 0. The maximum absolute atomic E-state index is 13.2. The largest absolute Gasteiger partial charge is 0.489 e. The molecule has 7 heteroatoms. The second-order valence-electron chi connectivity index (χ2n) is 9.88. The Kier molecular flexibility index (Phi) is 7.28. The van der Waals surface area contributed by atoms with E-state index >= 15 is 0 Å². The number of aryl methyl sites for hydroxylation is 4. The zero-order valence-corrected chi connectivity index (χ0v) is 21.5. The van der Waals surface area contributed by atoms with Crippen LogP contribution < -0.4 is 9.47 Å². The number of carbonyl (C=O) groups excluding carboxylic acids is 1. The SMILES string of the molecule is Cc1cc(C)n(CCC(=O)N2CCOc3c(cc(-c4ccccc4C)cc3OCC3CCOC3)C2)n1. The third-order valence-electron chi connectivity index (χ3n) is 7.05. The Balaban J connectivity index is 1.40. The molecule has 1 atom stereocenters. The molecule has 1 fully saturated rings. The van der Waals surface area contributed by atoms with Crippen LogP contribution in [-0.2, 0) is 22.6 Å². The van der Waals surface area contributed by atoms with Crippen molar-refractivity contribution in [2.75, 3.05) is 33.0 Å². The van der Waals surface area contributed by atoms with Gasteiger partial charge in [-0.05, 0) is 62.1 Å². The van der Waals surface area contributed by atoms with Gasteiger partial charge in [-0.25, -0.2) is 0 Å². The van der Waals surface area contributed by atoms with E-state index in [0.29, 0.717) is 45.2 Å². The summed E-state index contributed by atoms with van der Waals surface area (Å²) in [4.78, 5) is 15.1. The van der Waals surface area contributed by atoms with Crippen molar-refractivity contribution in [3.05, 3.63) is 65.0 Å². The predicted molar refractivity (Wildman–Crippen MR) is 138 cm³/mol. The summed E-state index contributed by atoms with van der Waals surface area (Å²) in [5, 5.41) is 4.50. The summed E-state index contributed by atoms with van der Waals surface area (Å²) in [5.74, 6) is 1.99. The molecule has 0 saturated carbocycles. The molecule has 1 aromatic heterocycles. The van der Waals surface area contributed by atoms with Crippen molar-refractivity contribution in [3.63, 3.8) is 0 Å². The molecule has 2 aliphatic heterocycles. The van der Waals surface area contributed by atoms with Crippen LogP contribution >= 0.6 is 0 Å². The Morgan fingerprint density at radius 2 is 2.00 bits per heavy atom. The van der Waals surface area contributed by atoms with Crippen LogP contribution in [0, 0.1) is 26.7 Å². The van der Waals surface area contributed by atoms with E-state index in [1.54, 1.807) is 0 Å². The molecule has 3 heterocycles. The second-order valence-corrected chi connectivity index (χ2v) is 9.88. The lowest BCUT2D eigenvalue weighted by Crippen LogP contribution is -2.33. The first-order valence-corrected chi connectivity index (χ1v) is 12.8. The molecular formula is C29H35N3O4. The molecule has 0 spiro atoms. The molecule has 7 nitrogen and oxygen atoms in total. The van der Waals surface area contributed by atoms with E-state index < -0.39 is 0 Å². The normalized spacial score (nSPS) is 17.4. The maximum atomic E-state index is 13.2. The molecule has 1 amide bonds. The van der Waals surface area contributed by atoms with E-state index in [9.17, 15) is 4.79 Å². The van der Waals surface area contributed by atoms with Gasteiger partial charge in [0.15, 0.2) is 11.5 Å². The van der Waals surface area contributed by atoms with E-state index in [4.69, 9.17) is 14.2 Å². The third kappa shape index (κ3) is 5.41. The average molecular weight is 490 g/mol. The van der Waals surface area contributed by atoms with Crippen LogP contribution in [0.4, 0.5) is 0 Å². The van der Waals surface area contributed by atoms with Crippen LogP contribution in [0.5, 0.6) is 11.5 Å². The number of benzene rings is 2. The van der Waals surface area contributed by atoms with Crippen molar-refractivity contribution in [2.24, 2.45) is 5.92 Å². The fourth-order valence-corrected chi connectivity index (χ4v) is 5.04. The zero-order chi connectivity index (χ0) is 25.1. The number of hydrogen-bond donors (Lipinski definition) is 0. The molecule has 0 N–H and O–H groups in total. The first kappa shape index (κ1) is 24.4. The van der Waals surface area contributed by atoms with Crippen LogP contribution in [0.2, 0.25) is 0 Å². The number of hydrogen-bond acceptors (Lipinski definition) is 5. The Hall–Kier alpha value is -3.32. The van der Waals surface area contributed by atoms with E-state index in [1.807, 2.05) is 35.6 Å². The van der Waals surface area contributed by atoms with Gasteiger partial charge in [0.05, 0.1) is 25.5 Å². The van der Waals surface area contributed by atoms with Gasteiger partial charge in [0, 0.05) is 43.3 Å². The minimum Gasteiger partial charge on any atom is -0.489 e. The summed E-state index contributed by atoms with van der Waals surface area (Å²) in [5.41, 5.74) is 6.44. The standard InChI is InChI=1S/C29H35N3O4/c1-20-6-4-5-7-26(20)24-15-25-17-31(28(33)8-10-32-22(3)14-21(2)30-32)11-13-35-29(25)27(16-24)36-19-23-9-12-34-18-23/h4-7,14-16,23H,8-13,17-19H2,1-3H3. The van der Waals surface area contributed by atoms with Gasteiger partial charge in [-0.2, -0.15) is 5.10 Å². The molecule has 2 aliphatic rings. The van der Waals surface area contributed by atoms with Gasteiger partial charge in [0.1, 0.15) is 6.61 Å².